The normalized spacial score (nSPS) is 20.1. The quantitative estimate of drug-likeness (QED) is 0.930. The molecule has 0 saturated carbocycles. The fraction of sp³-hybridized carbons (Fsp3) is 0.562. The summed E-state index contributed by atoms with van der Waals surface area (Å²) in [6, 6.07) is 8.72. The zero-order valence-electron chi connectivity index (χ0n) is 12.6. The monoisotopic (exact) mass is 296 g/mol. The second kappa shape index (κ2) is 7.65. The number of nitrogens with one attached hydrogen (secondary N) is 1. The van der Waals surface area contributed by atoms with Gasteiger partial charge >= 0.3 is 0 Å². The highest BCUT2D eigenvalue weighted by Crippen LogP contribution is 2.20. The molecule has 0 spiro atoms. The summed E-state index contributed by atoms with van der Waals surface area (Å²) < 4.78 is 0. The molecule has 1 fully saturated rings. The van der Waals surface area contributed by atoms with Gasteiger partial charge in [0.2, 0.25) is 5.91 Å². The molecule has 1 heterocycles. The molecule has 0 radical (unpaired) electrons. The van der Waals surface area contributed by atoms with Crippen LogP contribution in [0.5, 0.6) is 0 Å². The zero-order valence-corrected chi connectivity index (χ0v) is 13.4. The maximum Gasteiger partial charge on any atom is 0.230 e. The van der Waals surface area contributed by atoms with Gasteiger partial charge in [-0.15, -0.1) is 12.4 Å². The molecule has 1 aromatic carbocycles. The van der Waals surface area contributed by atoms with Gasteiger partial charge in [0.25, 0.3) is 0 Å². The van der Waals surface area contributed by atoms with Crippen molar-refractivity contribution in [3.05, 3.63) is 35.4 Å². The molecule has 1 N–H and O–H groups in total. The fourth-order valence-electron chi connectivity index (χ4n) is 2.60. The maximum absolute atomic E-state index is 12.6. The van der Waals surface area contributed by atoms with Crippen LogP contribution in [0.2, 0.25) is 0 Å². The number of carbonyl (C=O) groups excluding carboxylic acids is 1. The average molecular weight is 297 g/mol. The standard InChI is InChI=1S/C16H24N2O.ClH/c1-4-14-5-7-15(8-6-14)13(3)16(19)18-10-9-17-11-12(18)2;/h5-8,12-13,17H,4,9-11H2,1-3H3;1H/t12-,13?;/m0./s1. The lowest BCUT2D eigenvalue weighted by Gasteiger charge is -2.35. The van der Waals surface area contributed by atoms with Gasteiger partial charge in [-0.1, -0.05) is 31.2 Å². The Morgan fingerprint density at radius 2 is 2.05 bits per heavy atom. The second-order valence-corrected chi connectivity index (χ2v) is 5.40. The van der Waals surface area contributed by atoms with E-state index in [1.54, 1.807) is 0 Å². The molecule has 2 rings (SSSR count). The lowest BCUT2D eigenvalue weighted by molar-refractivity contribution is -0.135. The number of piperazine rings is 1. The van der Waals surface area contributed by atoms with E-state index < -0.39 is 0 Å². The van der Waals surface area contributed by atoms with Crippen LogP contribution in [0.25, 0.3) is 0 Å². The van der Waals surface area contributed by atoms with Crippen molar-refractivity contribution in [2.24, 2.45) is 0 Å². The molecule has 1 aliphatic rings. The van der Waals surface area contributed by atoms with Crippen molar-refractivity contribution < 1.29 is 4.79 Å². The molecule has 20 heavy (non-hydrogen) atoms. The van der Waals surface area contributed by atoms with Crippen molar-refractivity contribution in [3.63, 3.8) is 0 Å². The highest BCUT2D eigenvalue weighted by Gasteiger charge is 2.27. The Morgan fingerprint density at radius 3 is 2.60 bits per heavy atom. The molecule has 2 atom stereocenters. The number of nitrogens with zero attached hydrogens (tertiary/aromatic N) is 1. The van der Waals surface area contributed by atoms with Crippen LogP contribution in [0.3, 0.4) is 0 Å². The van der Waals surface area contributed by atoms with E-state index in [4.69, 9.17) is 0 Å². The first kappa shape index (κ1) is 17.0. The molecule has 1 aliphatic heterocycles. The first-order valence-electron chi connectivity index (χ1n) is 7.23. The van der Waals surface area contributed by atoms with Gasteiger partial charge in [0.1, 0.15) is 0 Å². The van der Waals surface area contributed by atoms with Crippen LogP contribution >= 0.6 is 12.4 Å². The van der Waals surface area contributed by atoms with Crippen molar-refractivity contribution in [2.75, 3.05) is 19.6 Å². The number of hydrogen-bond donors (Lipinski definition) is 1. The minimum atomic E-state index is -0.0496. The molecular weight excluding hydrogens is 272 g/mol. The Morgan fingerprint density at radius 1 is 1.40 bits per heavy atom. The van der Waals surface area contributed by atoms with E-state index in [9.17, 15) is 4.79 Å². The van der Waals surface area contributed by atoms with Gasteiger partial charge in [-0.25, -0.2) is 0 Å². The van der Waals surface area contributed by atoms with Gasteiger partial charge in [-0.2, -0.15) is 0 Å². The van der Waals surface area contributed by atoms with Crippen LogP contribution in [0.15, 0.2) is 24.3 Å². The van der Waals surface area contributed by atoms with Crippen LogP contribution in [-0.4, -0.2) is 36.5 Å². The van der Waals surface area contributed by atoms with Gasteiger partial charge in [-0.3, -0.25) is 4.79 Å². The Hall–Kier alpha value is -1.06. The average Bonchev–Trinajstić information content (AvgIpc) is 2.46. The smallest absolute Gasteiger partial charge is 0.230 e. The summed E-state index contributed by atoms with van der Waals surface area (Å²) in [6.07, 6.45) is 1.04. The minimum absolute atomic E-state index is 0. The summed E-state index contributed by atoms with van der Waals surface area (Å²) in [4.78, 5) is 14.6. The van der Waals surface area contributed by atoms with Gasteiger partial charge in [0.15, 0.2) is 0 Å². The van der Waals surface area contributed by atoms with E-state index in [1.807, 2.05) is 11.8 Å². The van der Waals surface area contributed by atoms with E-state index in [2.05, 4.69) is 43.4 Å². The molecule has 0 aromatic heterocycles. The van der Waals surface area contributed by atoms with Crippen LogP contribution in [-0.2, 0) is 11.2 Å². The molecule has 1 unspecified atom stereocenters. The Balaban J connectivity index is 0.00000200. The third kappa shape index (κ3) is 3.74. The number of hydrogen-bond acceptors (Lipinski definition) is 2. The fourth-order valence-corrected chi connectivity index (χ4v) is 2.60. The van der Waals surface area contributed by atoms with Crippen LogP contribution < -0.4 is 5.32 Å². The summed E-state index contributed by atoms with van der Waals surface area (Å²) in [5, 5.41) is 3.32. The number of aryl methyl sites for hydroxylation is 1. The Kier molecular flexibility index (Phi) is 6.50. The molecule has 1 saturated heterocycles. The number of rotatable bonds is 3. The highest BCUT2D eigenvalue weighted by molar-refractivity contribution is 5.85. The summed E-state index contributed by atoms with van der Waals surface area (Å²) in [5.41, 5.74) is 2.44. The Bertz CT molecular complexity index is 433. The predicted molar refractivity (Wildman–Crippen MR) is 85.5 cm³/mol. The summed E-state index contributed by atoms with van der Waals surface area (Å²) in [5.74, 6) is 0.199. The minimum Gasteiger partial charge on any atom is -0.337 e. The van der Waals surface area contributed by atoms with Crippen molar-refractivity contribution in [1.29, 1.82) is 0 Å². The Labute approximate surface area is 128 Å². The van der Waals surface area contributed by atoms with Crippen LogP contribution in [0.1, 0.15) is 37.8 Å². The van der Waals surface area contributed by atoms with Crippen molar-refractivity contribution >= 4 is 18.3 Å². The molecule has 4 heteroatoms. The SMILES string of the molecule is CCc1ccc(C(C)C(=O)N2CCNC[C@@H]2C)cc1.Cl. The first-order chi connectivity index (χ1) is 9.13. The number of benzene rings is 1. The number of halogens is 1. The van der Waals surface area contributed by atoms with E-state index in [0.717, 1.165) is 31.6 Å². The van der Waals surface area contributed by atoms with E-state index in [0.29, 0.717) is 6.04 Å². The predicted octanol–water partition coefficient (Wildman–Crippen LogP) is 2.59. The second-order valence-electron chi connectivity index (χ2n) is 5.40. The van der Waals surface area contributed by atoms with Crippen LogP contribution in [0, 0.1) is 0 Å². The van der Waals surface area contributed by atoms with Crippen molar-refractivity contribution in [2.45, 2.75) is 39.2 Å². The third-order valence-corrected chi connectivity index (χ3v) is 4.04. The number of amides is 1. The van der Waals surface area contributed by atoms with Crippen molar-refractivity contribution in [3.8, 4) is 0 Å². The highest BCUT2D eigenvalue weighted by atomic mass is 35.5. The first-order valence-corrected chi connectivity index (χ1v) is 7.23. The van der Waals surface area contributed by atoms with Gasteiger partial charge in [0, 0.05) is 25.7 Å². The lowest BCUT2D eigenvalue weighted by Crippen LogP contribution is -2.53. The molecule has 0 aliphatic carbocycles. The topological polar surface area (TPSA) is 32.3 Å². The van der Waals surface area contributed by atoms with Crippen LogP contribution in [0.4, 0.5) is 0 Å². The molecular formula is C16H25ClN2O. The maximum atomic E-state index is 12.6. The summed E-state index contributed by atoms with van der Waals surface area (Å²) in [6.45, 7) is 8.88. The van der Waals surface area contributed by atoms with E-state index >= 15 is 0 Å². The van der Waals surface area contributed by atoms with Gasteiger partial charge < -0.3 is 10.2 Å². The summed E-state index contributed by atoms with van der Waals surface area (Å²) >= 11 is 0. The molecule has 112 valence electrons. The summed E-state index contributed by atoms with van der Waals surface area (Å²) in [7, 11) is 0. The van der Waals surface area contributed by atoms with Gasteiger partial charge in [-0.05, 0) is 31.4 Å². The van der Waals surface area contributed by atoms with E-state index in [-0.39, 0.29) is 24.2 Å². The van der Waals surface area contributed by atoms with E-state index in [1.165, 1.54) is 5.56 Å². The lowest BCUT2D eigenvalue weighted by atomic mass is 9.97. The molecule has 0 bridgehead atoms. The van der Waals surface area contributed by atoms with Crippen molar-refractivity contribution in [1.82, 2.24) is 10.2 Å². The molecule has 3 nitrogen and oxygen atoms in total. The largest absolute Gasteiger partial charge is 0.337 e. The molecule has 1 amide bonds. The zero-order chi connectivity index (χ0) is 13.8. The van der Waals surface area contributed by atoms with Gasteiger partial charge in [0.05, 0.1) is 5.92 Å². The third-order valence-electron chi connectivity index (χ3n) is 4.04. The number of carbonyl (C=O) groups is 1. The molecule has 1 aromatic rings.